The van der Waals surface area contributed by atoms with Crippen LogP contribution in [0.25, 0.3) is 0 Å². The lowest BCUT2D eigenvalue weighted by Crippen LogP contribution is -1.99. The third-order valence-electron chi connectivity index (χ3n) is 2.60. The molecule has 0 amide bonds. The van der Waals surface area contributed by atoms with Gasteiger partial charge in [-0.15, -0.1) is 0 Å². The SMILES string of the molecule is Cc1cc(Oc2cc(C(=O)O)cc(Cl)n2)ccc1[N+](=O)[O-]. The number of pyridine rings is 1. The summed E-state index contributed by atoms with van der Waals surface area (Å²) in [7, 11) is 0. The lowest BCUT2D eigenvalue weighted by molar-refractivity contribution is -0.385. The van der Waals surface area contributed by atoms with Gasteiger partial charge in [-0.25, -0.2) is 9.78 Å². The van der Waals surface area contributed by atoms with Crippen LogP contribution < -0.4 is 4.74 Å². The van der Waals surface area contributed by atoms with Gasteiger partial charge in [-0.3, -0.25) is 10.1 Å². The Morgan fingerprint density at radius 2 is 2.10 bits per heavy atom. The highest BCUT2D eigenvalue weighted by Crippen LogP contribution is 2.27. The van der Waals surface area contributed by atoms with Crippen LogP contribution in [0.2, 0.25) is 5.15 Å². The minimum Gasteiger partial charge on any atom is -0.478 e. The maximum absolute atomic E-state index is 10.9. The molecule has 1 N–H and O–H groups in total. The van der Waals surface area contributed by atoms with Crippen LogP contribution in [0.15, 0.2) is 30.3 Å². The van der Waals surface area contributed by atoms with E-state index in [1.165, 1.54) is 30.3 Å². The summed E-state index contributed by atoms with van der Waals surface area (Å²) >= 11 is 5.71. The highest BCUT2D eigenvalue weighted by Gasteiger charge is 2.13. The molecular weight excluding hydrogens is 300 g/mol. The Hall–Kier alpha value is -2.67. The van der Waals surface area contributed by atoms with E-state index in [4.69, 9.17) is 21.4 Å². The molecule has 0 aliphatic heterocycles. The second-order valence-electron chi connectivity index (χ2n) is 4.13. The number of ether oxygens (including phenoxy) is 1. The van der Waals surface area contributed by atoms with E-state index in [1.807, 2.05) is 0 Å². The van der Waals surface area contributed by atoms with Crippen LogP contribution in [0.3, 0.4) is 0 Å². The summed E-state index contributed by atoms with van der Waals surface area (Å²) in [5.74, 6) is -0.874. The molecule has 8 heteroatoms. The van der Waals surface area contributed by atoms with Crippen molar-refractivity contribution in [2.75, 3.05) is 0 Å². The first kappa shape index (κ1) is 14.7. The Labute approximate surface area is 123 Å². The summed E-state index contributed by atoms with van der Waals surface area (Å²) < 4.78 is 5.38. The van der Waals surface area contributed by atoms with E-state index >= 15 is 0 Å². The van der Waals surface area contributed by atoms with Crippen molar-refractivity contribution in [1.82, 2.24) is 4.98 Å². The third kappa shape index (κ3) is 3.46. The number of nitro benzene ring substituents is 1. The fourth-order valence-corrected chi connectivity index (χ4v) is 1.87. The quantitative estimate of drug-likeness (QED) is 0.527. The maximum Gasteiger partial charge on any atom is 0.335 e. The minimum absolute atomic E-state index is 0.00634. The average molecular weight is 309 g/mol. The van der Waals surface area contributed by atoms with Gasteiger partial charge in [-0.2, -0.15) is 0 Å². The second kappa shape index (κ2) is 5.76. The number of aromatic carboxylic acids is 1. The van der Waals surface area contributed by atoms with Gasteiger partial charge < -0.3 is 9.84 Å². The van der Waals surface area contributed by atoms with Crippen molar-refractivity contribution in [3.63, 3.8) is 0 Å². The summed E-state index contributed by atoms with van der Waals surface area (Å²) in [5.41, 5.74) is 0.314. The minimum atomic E-state index is -1.16. The molecule has 1 heterocycles. The summed E-state index contributed by atoms with van der Waals surface area (Å²) in [6.45, 7) is 1.57. The number of carboxylic acid groups (broad SMARTS) is 1. The van der Waals surface area contributed by atoms with E-state index < -0.39 is 10.9 Å². The molecule has 21 heavy (non-hydrogen) atoms. The van der Waals surface area contributed by atoms with Crippen LogP contribution >= 0.6 is 11.6 Å². The van der Waals surface area contributed by atoms with Gasteiger partial charge in [0.05, 0.1) is 10.5 Å². The van der Waals surface area contributed by atoms with Gasteiger partial charge >= 0.3 is 5.97 Å². The molecule has 2 rings (SSSR count). The number of aromatic nitrogens is 1. The van der Waals surface area contributed by atoms with E-state index in [-0.39, 0.29) is 22.3 Å². The molecule has 0 saturated heterocycles. The van der Waals surface area contributed by atoms with Crippen LogP contribution in [0.5, 0.6) is 11.6 Å². The highest BCUT2D eigenvalue weighted by molar-refractivity contribution is 6.29. The summed E-state index contributed by atoms with van der Waals surface area (Å²) in [5, 5.41) is 19.6. The topological polar surface area (TPSA) is 103 Å². The van der Waals surface area contributed by atoms with E-state index in [2.05, 4.69) is 4.98 Å². The lowest BCUT2D eigenvalue weighted by atomic mass is 10.2. The fourth-order valence-electron chi connectivity index (χ4n) is 1.67. The van der Waals surface area contributed by atoms with Gasteiger partial charge in [-0.1, -0.05) is 11.6 Å². The van der Waals surface area contributed by atoms with Crippen molar-refractivity contribution in [2.45, 2.75) is 6.92 Å². The average Bonchev–Trinajstić information content (AvgIpc) is 2.37. The second-order valence-corrected chi connectivity index (χ2v) is 4.52. The van der Waals surface area contributed by atoms with Crippen molar-refractivity contribution in [1.29, 1.82) is 0 Å². The van der Waals surface area contributed by atoms with Gasteiger partial charge in [-0.05, 0) is 25.1 Å². The first-order valence-electron chi connectivity index (χ1n) is 5.70. The van der Waals surface area contributed by atoms with Crippen LogP contribution in [0, 0.1) is 17.0 Å². The number of halogens is 1. The summed E-state index contributed by atoms with van der Waals surface area (Å²) in [6.07, 6.45) is 0. The molecule has 7 nitrogen and oxygen atoms in total. The number of carboxylic acids is 1. The van der Waals surface area contributed by atoms with Crippen molar-refractivity contribution in [3.05, 3.63) is 56.7 Å². The smallest absolute Gasteiger partial charge is 0.335 e. The van der Waals surface area contributed by atoms with Crippen molar-refractivity contribution < 1.29 is 19.6 Å². The Bertz CT molecular complexity index is 732. The number of hydrogen-bond donors (Lipinski definition) is 1. The van der Waals surface area contributed by atoms with Crippen molar-refractivity contribution in [2.24, 2.45) is 0 Å². The van der Waals surface area contributed by atoms with Crippen LogP contribution in [0.1, 0.15) is 15.9 Å². The van der Waals surface area contributed by atoms with Gasteiger partial charge in [0.15, 0.2) is 0 Å². The Morgan fingerprint density at radius 1 is 1.38 bits per heavy atom. The number of benzene rings is 1. The van der Waals surface area contributed by atoms with Crippen molar-refractivity contribution >= 4 is 23.3 Å². The molecule has 0 atom stereocenters. The number of hydrogen-bond acceptors (Lipinski definition) is 5. The standard InChI is InChI=1S/C13H9ClN2O5/c1-7-4-9(2-3-10(7)16(19)20)21-12-6-8(13(17)18)5-11(14)15-12/h2-6H,1H3,(H,17,18). The first-order chi connectivity index (χ1) is 9.86. The highest BCUT2D eigenvalue weighted by atomic mass is 35.5. The molecule has 1 aromatic heterocycles. The number of nitrogens with zero attached hydrogens (tertiary/aromatic N) is 2. The first-order valence-corrected chi connectivity index (χ1v) is 6.08. The zero-order valence-electron chi connectivity index (χ0n) is 10.7. The number of carbonyl (C=O) groups is 1. The third-order valence-corrected chi connectivity index (χ3v) is 2.80. The molecule has 0 saturated carbocycles. The van der Waals surface area contributed by atoms with Crippen LogP contribution in [-0.4, -0.2) is 21.0 Å². The van der Waals surface area contributed by atoms with E-state index in [0.29, 0.717) is 11.3 Å². The Kier molecular flexibility index (Phi) is 4.04. The maximum atomic E-state index is 10.9. The normalized spacial score (nSPS) is 10.2. The molecule has 0 spiro atoms. The Morgan fingerprint density at radius 3 is 2.67 bits per heavy atom. The van der Waals surface area contributed by atoms with Gasteiger partial charge in [0, 0.05) is 17.7 Å². The molecule has 0 radical (unpaired) electrons. The molecule has 0 unspecified atom stereocenters. The van der Waals surface area contributed by atoms with Gasteiger partial charge in [0.1, 0.15) is 10.9 Å². The predicted octanol–water partition coefficient (Wildman–Crippen LogP) is 3.44. The molecule has 0 bridgehead atoms. The number of rotatable bonds is 4. The lowest BCUT2D eigenvalue weighted by Gasteiger charge is -2.07. The molecule has 0 aliphatic rings. The Balaban J connectivity index is 2.32. The van der Waals surface area contributed by atoms with Gasteiger partial charge in [0.25, 0.3) is 5.69 Å². The van der Waals surface area contributed by atoms with Crippen LogP contribution in [0.4, 0.5) is 5.69 Å². The molecule has 1 aromatic carbocycles. The zero-order chi connectivity index (χ0) is 15.6. The van der Waals surface area contributed by atoms with E-state index in [9.17, 15) is 14.9 Å². The molecule has 0 aliphatic carbocycles. The fraction of sp³-hybridized carbons (Fsp3) is 0.0769. The number of aryl methyl sites for hydroxylation is 1. The van der Waals surface area contributed by atoms with Crippen molar-refractivity contribution in [3.8, 4) is 11.6 Å². The molecule has 2 aromatic rings. The summed E-state index contributed by atoms with van der Waals surface area (Å²) in [4.78, 5) is 25.0. The van der Waals surface area contributed by atoms with E-state index in [1.54, 1.807) is 6.92 Å². The summed E-state index contributed by atoms with van der Waals surface area (Å²) in [6, 6.07) is 6.56. The zero-order valence-corrected chi connectivity index (χ0v) is 11.5. The largest absolute Gasteiger partial charge is 0.478 e. The predicted molar refractivity (Wildman–Crippen MR) is 74.1 cm³/mol. The number of nitro groups is 1. The monoisotopic (exact) mass is 308 g/mol. The molecule has 0 fully saturated rings. The molecular formula is C13H9ClN2O5. The van der Waals surface area contributed by atoms with Gasteiger partial charge in [0.2, 0.25) is 5.88 Å². The molecule has 108 valence electrons. The van der Waals surface area contributed by atoms with Crippen LogP contribution in [-0.2, 0) is 0 Å². The van der Waals surface area contributed by atoms with E-state index in [0.717, 1.165) is 0 Å².